The molecule has 0 bridgehead atoms. The fourth-order valence-electron chi connectivity index (χ4n) is 2.82. The van der Waals surface area contributed by atoms with Gasteiger partial charge in [-0.25, -0.2) is 4.39 Å². The largest absolute Gasteiger partial charge is 0.345 e. The van der Waals surface area contributed by atoms with Crippen LogP contribution >= 0.6 is 11.6 Å². The summed E-state index contributed by atoms with van der Waals surface area (Å²) in [6, 6.07) is 14.5. The first-order valence-corrected chi connectivity index (χ1v) is 7.42. The fourth-order valence-corrected chi connectivity index (χ4v) is 3.13. The van der Waals surface area contributed by atoms with Gasteiger partial charge in [-0.1, -0.05) is 35.9 Å². The van der Waals surface area contributed by atoms with Gasteiger partial charge in [-0.15, -0.1) is 0 Å². The highest BCUT2D eigenvalue weighted by atomic mass is 35.5. The molecule has 1 aliphatic heterocycles. The van der Waals surface area contributed by atoms with Gasteiger partial charge in [-0.2, -0.15) is 5.10 Å². The molecule has 0 amide bonds. The molecule has 1 aromatic heterocycles. The molecule has 1 aliphatic rings. The van der Waals surface area contributed by atoms with Gasteiger partial charge in [0, 0.05) is 18.7 Å². The van der Waals surface area contributed by atoms with Crippen molar-refractivity contribution in [3.05, 3.63) is 70.5 Å². The average Bonchev–Trinajstić information content (AvgIpc) is 3.11. The zero-order valence-corrected chi connectivity index (χ0v) is 12.4. The zero-order chi connectivity index (χ0) is 15.1. The van der Waals surface area contributed by atoms with Gasteiger partial charge < -0.3 is 4.90 Å². The Hall–Kier alpha value is -2.33. The standard InChI is InChI=1S/C17H13ClFN3/c18-15-16(11-5-7-14(19)8-6-11)20-21-17(15)22-9-12-3-1-2-4-13(12)10-22/h1-8H,9-10H2,(H,20,21). The molecule has 0 saturated carbocycles. The van der Waals surface area contributed by atoms with E-state index in [9.17, 15) is 4.39 Å². The second-order valence-electron chi connectivity index (χ2n) is 5.37. The Balaban J connectivity index is 1.67. The van der Waals surface area contributed by atoms with E-state index in [-0.39, 0.29) is 5.82 Å². The van der Waals surface area contributed by atoms with E-state index >= 15 is 0 Å². The van der Waals surface area contributed by atoms with Gasteiger partial charge in [0.1, 0.15) is 10.8 Å². The molecule has 2 aromatic carbocycles. The summed E-state index contributed by atoms with van der Waals surface area (Å²) in [5.41, 5.74) is 4.13. The highest BCUT2D eigenvalue weighted by molar-refractivity contribution is 6.35. The topological polar surface area (TPSA) is 31.9 Å². The number of nitrogens with one attached hydrogen (secondary N) is 1. The molecule has 110 valence electrons. The molecule has 0 radical (unpaired) electrons. The van der Waals surface area contributed by atoms with Crippen LogP contribution in [0.4, 0.5) is 10.2 Å². The molecule has 0 fully saturated rings. The third kappa shape index (κ3) is 2.16. The SMILES string of the molecule is Fc1ccc(-c2[nH]nc(N3Cc4ccccc4C3)c2Cl)cc1. The van der Waals surface area contributed by atoms with Crippen molar-refractivity contribution >= 4 is 17.4 Å². The van der Waals surface area contributed by atoms with Crippen LogP contribution in [0.1, 0.15) is 11.1 Å². The van der Waals surface area contributed by atoms with E-state index in [2.05, 4.69) is 27.2 Å². The molecule has 22 heavy (non-hydrogen) atoms. The van der Waals surface area contributed by atoms with Crippen LogP contribution in [0.2, 0.25) is 5.02 Å². The van der Waals surface area contributed by atoms with Gasteiger partial charge in [0.05, 0.1) is 5.69 Å². The van der Waals surface area contributed by atoms with E-state index < -0.39 is 0 Å². The number of halogens is 2. The minimum atomic E-state index is -0.269. The Morgan fingerprint density at radius 2 is 1.64 bits per heavy atom. The number of fused-ring (bicyclic) bond motifs is 1. The molecule has 0 atom stereocenters. The Labute approximate surface area is 132 Å². The van der Waals surface area contributed by atoms with E-state index in [0.717, 1.165) is 24.5 Å². The molecule has 0 aliphatic carbocycles. The maximum Gasteiger partial charge on any atom is 0.170 e. The van der Waals surface area contributed by atoms with Gasteiger partial charge >= 0.3 is 0 Å². The monoisotopic (exact) mass is 313 g/mol. The summed E-state index contributed by atoms with van der Waals surface area (Å²) in [6.07, 6.45) is 0. The van der Waals surface area contributed by atoms with Crippen LogP contribution in [0.25, 0.3) is 11.3 Å². The van der Waals surface area contributed by atoms with Crippen LogP contribution < -0.4 is 4.90 Å². The van der Waals surface area contributed by atoms with Crippen LogP contribution in [-0.4, -0.2) is 10.2 Å². The molecular weight excluding hydrogens is 301 g/mol. The van der Waals surface area contributed by atoms with Gasteiger partial charge in [0.2, 0.25) is 0 Å². The third-order valence-electron chi connectivity index (χ3n) is 3.96. The lowest BCUT2D eigenvalue weighted by Crippen LogP contribution is -2.15. The van der Waals surface area contributed by atoms with E-state index in [1.54, 1.807) is 12.1 Å². The highest BCUT2D eigenvalue weighted by Crippen LogP contribution is 2.37. The zero-order valence-electron chi connectivity index (χ0n) is 11.7. The van der Waals surface area contributed by atoms with Gasteiger partial charge in [-0.3, -0.25) is 5.10 Å². The summed E-state index contributed by atoms with van der Waals surface area (Å²) in [6.45, 7) is 1.59. The van der Waals surface area contributed by atoms with Crippen molar-refractivity contribution in [3.8, 4) is 11.3 Å². The predicted molar refractivity (Wildman–Crippen MR) is 85.3 cm³/mol. The summed E-state index contributed by atoms with van der Waals surface area (Å²) >= 11 is 6.49. The maximum atomic E-state index is 13.0. The fraction of sp³-hybridized carbons (Fsp3) is 0.118. The first-order valence-electron chi connectivity index (χ1n) is 7.04. The lowest BCUT2D eigenvalue weighted by molar-refractivity contribution is 0.628. The number of aromatic nitrogens is 2. The van der Waals surface area contributed by atoms with Crippen LogP contribution in [-0.2, 0) is 13.1 Å². The summed E-state index contributed by atoms with van der Waals surface area (Å²) in [7, 11) is 0. The van der Waals surface area contributed by atoms with Crippen molar-refractivity contribution < 1.29 is 4.39 Å². The average molecular weight is 314 g/mol. The number of aromatic amines is 1. The van der Waals surface area contributed by atoms with E-state index in [1.165, 1.54) is 23.3 Å². The first-order chi connectivity index (χ1) is 10.7. The number of anilines is 1. The molecule has 3 nitrogen and oxygen atoms in total. The van der Waals surface area contributed by atoms with Crippen LogP contribution in [0.3, 0.4) is 0 Å². The molecular formula is C17H13ClFN3. The van der Waals surface area contributed by atoms with Gasteiger partial charge in [-0.05, 0) is 35.4 Å². The maximum absolute atomic E-state index is 13.0. The number of nitrogens with zero attached hydrogens (tertiary/aromatic N) is 2. The normalized spacial score (nSPS) is 13.5. The number of hydrogen-bond acceptors (Lipinski definition) is 2. The summed E-state index contributed by atoms with van der Waals surface area (Å²) in [5.74, 6) is 0.465. The van der Waals surface area contributed by atoms with Gasteiger partial charge in [0.15, 0.2) is 5.82 Å². The van der Waals surface area contributed by atoms with Crippen molar-refractivity contribution in [2.45, 2.75) is 13.1 Å². The Morgan fingerprint density at radius 1 is 1.00 bits per heavy atom. The number of benzene rings is 2. The van der Waals surface area contributed by atoms with Crippen molar-refractivity contribution in [2.24, 2.45) is 0 Å². The van der Waals surface area contributed by atoms with Crippen molar-refractivity contribution in [1.29, 1.82) is 0 Å². The molecule has 1 N–H and O–H groups in total. The molecule has 0 saturated heterocycles. The minimum absolute atomic E-state index is 0.269. The molecule has 2 heterocycles. The number of rotatable bonds is 2. The summed E-state index contributed by atoms with van der Waals surface area (Å²) in [4.78, 5) is 2.14. The number of H-pyrrole nitrogens is 1. The van der Waals surface area contributed by atoms with Crippen LogP contribution in [0.15, 0.2) is 48.5 Å². The molecule has 0 spiro atoms. The lowest BCUT2D eigenvalue weighted by Gasteiger charge is -2.14. The quantitative estimate of drug-likeness (QED) is 0.761. The van der Waals surface area contributed by atoms with Crippen LogP contribution in [0.5, 0.6) is 0 Å². The smallest absolute Gasteiger partial charge is 0.170 e. The van der Waals surface area contributed by atoms with Crippen molar-refractivity contribution in [1.82, 2.24) is 10.2 Å². The molecule has 0 unspecified atom stereocenters. The van der Waals surface area contributed by atoms with Gasteiger partial charge in [0.25, 0.3) is 0 Å². The Kier molecular flexibility index (Phi) is 3.12. The summed E-state index contributed by atoms with van der Waals surface area (Å²) in [5, 5.41) is 7.89. The third-order valence-corrected chi connectivity index (χ3v) is 4.32. The minimum Gasteiger partial charge on any atom is -0.345 e. The van der Waals surface area contributed by atoms with E-state index in [4.69, 9.17) is 11.6 Å². The molecule has 4 rings (SSSR count). The van der Waals surface area contributed by atoms with E-state index in [0.29, 0.717) is 10.7 Å². The predicted octanol–water partition coefficient (Wildman–Crippen LogP) is 4.39. The second kappa shape index (κ2) is 5.14. The molecule has 3 aromatic rings. The Morgan fingerprint density at radius 3 is 2.27 bits per heavy atom. The lowest BCUT2D eigenvalue weighted by atomic mass is 10.1. The summed E-state index contributed by atoms with van der Waals surface area (Å²) < 4.78 is 13.0. The number of hydrogen-bond donors (Lipinski definition) is 1. The first kappa shape index (κ1) is 13.3. The second-order valence-corrected chi connectivity index (χ2v) is 5.75. The molecule has 5 heteroatoms. The van der Waals surface area contributed by atoms with Crippen LogP contribution in [0, 0.1) is 5.82 Å². The Bertz CT molecular complexity index is 801. The highest BCUT2D eigenvalue weighted by Gasteiger charge is 2.24. The van der Waals surface area contributed by atoms with E-state index in [1.807, 2.05) is 12.1 Å². The van der Waals surface area contributed by atoms with Crippen molar-refractivity contribution in [2.75, 3.05) is 4.90 Å². The van der Waals surface area contributed by atoms with Crippen molar-refractivity contribution in [3.63, 3.8) is 0 Å².